The second kappa shape index (κ2) is 9.46. The van der Waals surface area contributed by atoms with E-state index in [1.807, 2.05) is 0 Å². The molecule has 0 rings (SSSR count). The Balaban J connectivity index is 5.94. The number of sulfonamides is 1. The van der Waals surface area contributed by atoms with E-state index in [4.69, 9.17) is 0 Å². The molecule has 0 fully saturated rings. The van der Waals surface area contributed by atoms with Crippen molar-refractivity contribution in [2.75, 3.05) is 20.2 Å². The topological polar surface area (TPSA) is 63.7 Å². The highest BCUT2D eigenvalue weighted by Crippen LogP contribution is 2.61. The van der Waals surface area contributed by atoms with Gasteiger partial charge in [-0.2, -0.15) is 61.4 Å². The largest absolute Gasteiger partial charge is 0.463 e. The summed E-state index contributed by atoms with van der Waals surface area (Å²) in [5.41, 5.74) is 0. The molecule has 196 valence electrons. The van der Waals surface area contributed by atoms with Gasteiger partial charge in [-0.05, 0) is 12.8 Å². The Morgan fingerprint density at radius 3 is 1.64 bits per heavy atom. The SMILES string of the molecule is C=CC(=O)OCCCCN(C)S(=O)(=O)C(F)(F)C(F)(F)C(F)(F)C(F)(F)C(F)(F)C(F)(F)F. The van der Waals surface area contributed by atoms with E-state index >= 15 is 0 Å². The molecular formula is C14H14F13NO4S. The van der Waals surface area contributed by atoms with Gasteiger partial charge in [0.2, 0.25) is 0 Å². The number of unbranched alkanes of at least 4 members (excludes halogenated alkanes) is 1. The summed E-state index contributed by atoms with van der Waals surface area (Å²) < 4.78 is 197. The number of hydrogen-bond acceptors (Lipinski definition) is 4. The van der Waals surface area contributed by atoms with E-state index in [1.165, 1.54) is 0 Å². The number of carbonyl (C=O) groups excluding carboxylic acids is 1. The van der Waals surface area contributed by atoms with Crippen LogP contribution >= 0.6 is 0 Å². The van der Waals surface area contributed by atoms with E-state index in [-0.39, 0.29) is 13.5 Å². The van der Waals surface area contributed by atoms with Crippen LogP contribution in [0.15, 0.2) is 12.7 Å². The van der Waals surface area contributed by atoms with Crippen LogP contribution in [0.3, 0.4) is 0 Å². The summed E-state index contributed by atoms with van der Waals surface area (Å²) in [4.78, 5) is 10.7. The van der Waals surface area contributed by atoms with Crippen molar-refractivity contribution in [1.29, 1.82) is 0 Å². The smallest absolute Gasteiger partial charge is 0.460 e. The number of halogens is 13. The molecule has 0 amide bonds. The van der Waals surface area contributed by atoms with Crippen LogP contribution in [0.4, 0.5) is 57.1 Å². The van der Waals surface area contributed by atoms with Crippen LogP contribution in [0.2, 0.25) is 0 Å². The fraction of sp³-hybridized carbons (Fsp3) is 0.786. The molecule has 33 heavy (non-hydrogen) atoms. The number of rotatable bonds is 12. The Labute approximate surface area is 177 Å². The van der Waals surface area contributed by atoms with Gasteiger partial charge in [0.05, 0.1) is 6.61 Å². The van der Waals surface area contributed by atoms with Crippen LogP contribution < -0.4 is 0 Å². The van der Waals surface area contributed by atoms with Gasteiger partial charge < -0.3 is 4.74 Å². The Bertz CT molecular complexity index is 823. The second-order valence-electron chi connectivity index (χ2n) is 6.22. The van der Waals surface area contributed by atoms with E-state index in [0.29, 0.717) is 6.08 Å². The highest BCUT2D eigenvalue weighted by molar-refractivity contribution is 7.90. The Kier molecular flexibility index (Phi) is 8.94. The Hall–Kier alpha value is -1.79. The van der Waals surface area contributed by atoms with Gasteiger partial charge in [0.25, 0.3) is 10.0 Å². The van der Waals surface area contributed by atoms with Crippen molar-refractivity contribution in [2.45, 2.75) is 48.0 Å². The molecule has 0 aliphatic carbocycles. The molecule has 0 aromatic heterocycles. The first-order chi connectivity index (χ1) is 14.4. The minimum absolute atomic E-state index is 0.0790. The highest BCUT2D eigenvalue weighted by atomic mass is 32.2. The number of esters is 1. The molecule has 0 heterocycles. The number of alkyl halides is 13. The van der Waals surface area contributed by atoms with E-state index in [0.717, 1.165) is 0 Å². The Morgan fingerprint density at radius 2 is 1.24 bits per heavy atom. The molecule has 19 heteroatoms. The van der Waals surface area contributed by atoms with Gasteiger partial charge in [0.15, 0.2) is 0 Å². The summed E-state index contributed by atoms with van der Waals surface area (Å²) >= 11 is 0. The van der Waals surface area contributed by atoms with E-state index in [1.54, 1.807) is 0 Å². The van der Waals surface area contributed by atoms with Crippen LogP contribution in [-0.4, -0.2) is 74.0 Å². The molecular weight excluding hydrogens is 525 g/mol. The predicted molar refractivity (Wildman–Crippen MR) is 82.7 cm³/mol. The van der Waals surface area contributed by atoms with Crippen molar-refractivity contribution in [3.05, 3.63) is 12.7 Å². The minimum atomic E-state index is -8.21. The van der Waals surface area contributed by atoms with Gasteiger partial charge in [-0.15, -0.1) is 0 Å². The maximum absolute atomic E-state index is 13.9. The monoisotopic (exact) mass is 539 g/mol. The zero-order valence-electron chi connectivity index (χ0n) is 16.0. The fourth-order valence-corrected chi connectivity index (χ4v) is 3.11. The van der Waals surface area contributed by atoms with Gasteiger partial charge >= 0.3 is 41.1 Å². The van der Waals surface area contributed by atoms with Crippen LogP contribution in [-0.2, 0) is 19.6 Å². The van der Waals surface area contributed by atoms with Crippen molar-refractivity contribution in [3.8, 4) is 0 Å². The first-order valence-electron chi connectivity index (χ1n) is 8.08. The molecule has 0 atom stereocenters. The average molecular weight is 539 g/mol. The molecule has 0 saturated carbocycles. The molecule has 0 N–H and O–H groups in total. The maximum Gasteiger partial charge on any atom is 0.460 e. The van der Waals surface area contributed by atoms with Crippen LogP contribution in [0.5, 0.6) is 0 Å². The molecule has 0 saturated heterocycles. The second-order valence-corrected chi connectivity index (χ2v) is 8.30. The van der Waals surface area contributed by atoms with Crippen molar-refractivity contribution in [3.63, 3.8) is 0 Å². The third-order valence-electron chi connectivity index (χ3n) is 3.92. The lowest BCUT2D eigenvalue weighted by atomic mass is 9.98. The standard InChI is InChI=1S/C14H14F13NO4S/c1-3-8(29)32-7-5-4-6-28(2)33(30,31)14(26,27)12(21,22)10(17,18)9(15,16)11(19,20)13(23,24)25/h3H,1,4-7H2,2H3. The van der Waals surface area contributed by atoms with E-state index < -0.39 is 75.0 Å². The first-order valence-corrected chi connectivity index (χ1v) is 9.52. The molecule has 0 aromatic rings. The quantitative estimate of drug-likeness (QED) is 0.159. The summed E-state index contributed by atoms with van der Waals surface area (Å²) in [6, 6.07) is 0. The minimum Gasteiger partial charge on any atom is -0.463 e. The zero-order valence-corrected chi connectivity index (χ0v) is 16.8. The predicted octanol–water partition coefficient (Wildman–Crippen LogP) is 4.45. The number of carbonyl (C=O) groups is 1. The van der Waals surface area contributed by atoms with Gasteiger partial charge in [-0.1, -0.05) is 6.58 Å². The molecule has 0 radical (unpaired) electrons. The van der Waals surface area contributed by atoms with Gasteiger partial charge in [-0.25, -0.2) is 13.2 Å². The molecule has 0 aliphatic rings. The lowest BCUT2D eigenvalue weighted by Crippen LogP contribution is -2.71. The zero-order chi connectivity index (χ0) is 26.9. The number of nitrogens with zero attached hydrogens (tertiary/aromatic N) is 1. The van der Waals surface area contributed by atoms with Crippen molar-refractivity contribution >= 4 is 16.0 Å². The number of ether oxygens (including phenoxy) is 1. The Morgan fingerprint density at radius 1 is 0.818 bits per heavy atom. The van der Waals surface area contributed by atoms with E-state index in [2.05, 4.69) is 11.3 Å². The lowest BCUT2D eigenvalue weighted by Gasteiger charge is -2.40. The maximum atomic E-state index is 13.9. The normalized spacial score (nSPS) is 15.0. The van der Waals surface area contributed by atoms with Crippen molar-refractivity contribution in [2.24, 2.45) is 0 Å². The highest BCUT2D eigenvalue weighted by Gasteiger charge is 2.92. The van der Waals surface area contributed by atoms with E-state index in [9.17, 15) is 70.3 Å². The number of hydrogen-bond donors (Lipinski definition) is 0. The summed E-state index contributed by atoms with van der Waals surface area (Å²) in [5.74, 6) is -33.3. The summed E-state index contributed by atoms with van der Waals surface area (Å²) in [7, 11) is -6.96. The van der Waals surface area contributed by atoms with Crippen LogP contribution in [0.1, 0.15) is 12.8 Å². The molecule has 0 unspecified atom stereocenters. The van der Waals surface area contributed by atoms with Crippen molar-refractivity contribution in [1.82, 2.24) is 4.31 Å². The molecule has 5 nitrogen and oxygen atoms in total. The van der Waals surface area contributed by atoms with Gasteiger partial charge in [-0.3, -0.25) is 0 Å². The van der Waals surface area contributed by atoms with Crippen LogP contribution in [0, 0.1) is 0 Å². The molecule has 0 aliphatic heterocycles. The third kappa shape index (κ3) is 5.17. The molecule has 0 aromatic carbocycles. The fourth-order valence-electron chi connectivity index (χ4n) is 1.90. The lowest BCUT2D eigenvalue weighted by molar-refractivity contribution is -0.433. The summed E-state index contributed by atoms with van der Waals surface area (Å²) in [6.07, 6.45) is -7.80. The van der Waals surface area contributed by atoms with Gasteiger partial charge in [0.1, 0.15) is 0 Å². The first kappa shape index (κ1) is 31.2. The van der Waals surface area contributed by atoms with Crippen molar-refractivity contribution < 1.29 is 75.0 Å². The summed E-state index contributed by atoms with van der Waals surface area (Å²) in [5, 5.41) is -7.28. The van der Waals surface area contributed by atoms with Crippen LogP contribution in [0.25, 0.3) is 0 Å². The summed E-state index contributed by atoms with van der Waals surface area (Å²) in [6.45, 7) is 1.32. The molecule has 0 spiro atoms. The average Bonchev–Trinajstić information content (AvgIpc) is 2.65. The molecule has 0 bridgehead atoms. The van der Waals surface area contributed by atoms with Gasteiger partial charge in [0, 0.05) is 19.7 Å². The third-order valence-corrected chi connectivity index (χ3v) is 5.82.